The highest BCUT2D eigenvalue weighted by Gasteiger charge is 2.20. The number of halogens is 1. The molecule has 1 aliphatic rings. The maximum absolute atomic E-state index is 13.0. The number of benzene rings is 1. The van der Waals surface area contributed by atoms with E-state index >= 15 is 0 Å². The number of nitrogens with one attached hydrogen (secondary N) is 1. The molecule has 1 aliphatic heterocycles. The maximum atomic E-state index is 13.0. The van der Waals surface area contributed by atoms with Crippen LogP contribution in [0.2, 0.25) is 0 Å². The summed E-state index contributed by atoms with van der Waals surface area (Å²) in [4.78, 5) is 6.59. The molecule has 1 fully saturated rings. The number of hydrogen-bond acceptors (Lipinski definition) is 5. The molecular formula is C17H19FN4O. The van der Waals surface area contributed by atoms with Crippen molar-refractivity contribution in [3.05, 3.63) is 35.8 Å². The second kappa shape index (κ2) is 6.80. The number of anilines is 1. The van der Waals surface area contributed by atoms with Crippen molar-refractivity contribution in [2.45, 2.75) is 25.8 Å². The monoisotopic (exact) mass is 314 g/mol. The van der Waals surface area contributed by atoms with E-state index in [4.69, 9.17) is 4.42 Å². The van der Waals surface area contributed by atoms with Crippen molar-refractivity contribution < 1.29 is 8.81 Å². The molecule has 1 atom stereocenters. The lowest BCUT2D eigenvalue weighted by Gasteiger charge is -2.23. The van der Waals surface area contributed by atoms with Crippen LogP contribution in [0.25, 0.3) is 11.5 Å². The van der Waals surface area contributed by atoms with Gasteiger partial charge in [0.25, 0.3) is 0 Å². The number of aromatic nitrogens is 1. The van der Waals surface area contributed by atoms with Gasteiger partial charge in [-0.05, 0) is 57.1 Å². The lowest BCUT2D eigenvalue weighted by molar-refractivity contribution is 0.268. The Hall–Kier alpha value is -2.39. The van der Waals surface area contributed by atoms with E-state index in [1.807, 2.05) is 6.07 Å². The van der Waals surface area contributed by atoms with Gasteiger partial charge >= 0.3 is 0 Å². The molecule has 1 aromatic carbocycles. The second-order valence-electron chi connectivity index (χ2n) is 5.79. The van der Waals surface area contributed by atoms with Gasteiger partial charge in [0.05, 0.1) is 0 Å². The van der Waals surface area contributed by atoms with E-state index in [9.17, 15) is 9.65 Å². The summed E-state index contributed by atoms with van der Waals surface area (Å²) in [5, 5.41) is 12.4. The van der Waals surface area contributed by atoms with Crippen LogP contribution in [0.1, 0.15) is 25.5 Å². The Morgan fingerprint density at radius 3 is 2.70 bits per heavy atom. The lowest BCUT2D eigenvalue weighted by Crippen LogP contribution is -2.35. The van der Waals surface area contributed by atoms with Crippen LogP contribution in [-0.2, 0) is 0 Å². The van der Waals surface area contributed by atoms with Gasteiger partial charge in [-0.3, -0.25) is 4.90 Å². The van der Waals surface area contributed by atoms with Gasteiger partial charge in [-0.25, -0.2) is 4.39 Å². The van der Waals surface area contributed by atoms with Crippen LogP contribution in [-0.4, -0.2) is 35.6 Å². The van der Waals surface area contributed by atoms with Crippen molar-refractivity contribution in [3.63, 3.8) is 0 Å². The first-order valence-corrected chi connectivity index (χ1v) is 7.82. The van der Waals surface area contributed by atoms with Crippen molar-refractivity contribution in [1.29, 1.82) is 5.26 Å². The van der Waals surface area contributed by atoms with Crippen LogP contribution in [0.5, 0.6) is 0 Å². The predicted octanol–water partition coefficient (Wildman–Crippen LogP) is 3.25. The minimum absolute atomic E-state index is 0.220. The third-order valence-corrected chi connectivity index (χ3v) is 4.15. The minimum atomic E-state index is -0.321. The smallest absolute Gasteiger partial charge is 0.232 e. The standard InChI is InChI=1S/C17H19FN4O/c1-12(22-8-2-3-9-22)11-20-17-15(10-19)21-16(23-17)13-4-6-14(18)7-5-13/h4-7,12,20H,2-3,8-9,11H2,1H3. The molecule has 0 spiro atoms. The largest absolute Gasteiger partial charge is 0.419 e. The Labute approximate surface area is 134 Å². The van der Waals surface area contributed by atoms with Crippen molar-refractivity contribution in [2.24, 2.45) is 0 Å². The molecule has 1 N–H and O–H groups in total. The van der Waals surface area contributed by atoms with Gasteiger partial charge < -0.3 is 9.73 Å². The van der Waals surface area contributed by atoms with Gasteiger partial charge in [-0.1, -0.05) is 0 Å². The summed E-state index contributed by atoms with van der Waals surface area (Å²) < 4.78 is 18.6. The normalized spacial score (nSPS) is 16.2. The molecular weight excluding hydrogens is 295 g/mol. The van der Waals surface area contributed by atoms with E-state index < -0.39 is 0 Å². The molecule has 2 aromatic rings. The fourth-order valence-corrected chi connectivity index (χ4v) is 2.78. The second-order valence-corrected chi connectivity index (χ2v) is 5.79. The first-order chi connectivity index (χ1) is 11.2. The highest BCUT2D eigenvalue weighted by molar-refractivity contribution is 5.58. The summed E-state index contributed by atoms with van der Waals surface area (Å²) in [6.07, 6.45) is 2.48. The van der Waals surface area contributed by atoms with Crippen LogP contribution in [0.4, 0.5) is 10.3 Å². The fourth-order valence-electron chi connectivity index (χ4n) is 2.78. The predicted molar refractivity (Wildman–Crippen MR) is 85.4 cm³/mol. The lowest BCUT2D eigenvalue weighted by atomic mass is 10.2. The van der Waals surface area contributed by atoms with E-state index in [0.717, 1.165) is 13.1 Å². The van der Waals surface area contributed by atoms with Gasteiger partial charge in [-0.2, -0.15) is 10.2 Å². The molecule has 0 saturated carbocycles. The van der Waals surface area contributed by atoms with E-state index in [-0.39, 0.29) is 11.5 Å². The maximum Gasteiger partial charge on any atom is 0.232 e. The van der Waals surface area contributed by atoms with Crippen LogP contribution in [0.3, 0.4) is 0 Å². The molecule has 5 nitrogen and oxygen atoms in total. The van der Waals surface area contributed by atoms with Gasteiger partial charge in [0.1, 0.15) is 11.9 Å². The summed E-state index contributed by atoms with van der Waals surface area (Å²) in [6.45, 7) is 5.07. The highest BCUT2D eigenvalue weighted by atomic mass is 19.1. The van der Waals surface area contributed by atoms with Crippen LogP contribution in [0, 0.1) is 17.1 Å². The molecule has 0 bridgehead atoms. The summed E-state index contributed by atoms with van der Waals surface area (Å²) in [5.41, 5.74) is 0.862. The molecule has 0 amide bonds. The van der Waals surface area contributed by atoms with E-state index in [1.165, 1.54) is 25.0 Å². The molecule has 2 heterocycles. The van der Waals surface area contributed by atoms with Crippen LogP contribution in [0.15, 0.2) is 28.7 Å². The summed E-state index contributed by atoms with van der Waals surface area (Å²) >= 11 is 0. The number of nitrogens with zero attached hydrogens (tertiary/aromatic N) is 3. The van der Waals surface area contributed by atoms with E-state index in [2.05, 4.69) is 22.1 Å². The van der Waals surface area contributed by atoms with Crippen molar-refractivity contribution >= 4 is 5.88 Å². The van der Waals surface area contributed by atoms with Crippen LogP contribution < -0.4 is 5.32 Å². The van der Waals surface area contributed by atoms with Gasteiger partial charge in [-0.15, -0.1) is 0 Å². The van der Waals surface area contributed by atoms with Crippen LogP contribution >= 0.6 is 0 Å². The molecule has 3 rings (SSSR count). The third-order valence-electron chi connectivity index (χ3n) is 4.15. The molecule has 120 valence electrons. The first kappa shape index (κ1) is 15.5. The molecule has 1 saturated heterocycles. The Balaban J connectivity index is 1.71. The number of likely N-dealkylation sites (tertiary alicyclic amines) is 1. The van der Waals surface area contributed by atoms with Crippen molar-refractivity contribution in [2.75, 3.05) is 25.0 Å². The summed E-state index contributed by atoms with van der Waals surface area (Å²) in [6, 6.07) is 8.25. The highest BCUT2D eigenvalue weighted by Crippen LogP contribution is 2.25. The first-order valence-electron chi connectivity index (χ1n) is 7.82. The van der Waals surface area contributed by atoms with Gasteiger partial charge in [0.15, 0.2) is 0 Å². The average Bonchev–Trinajstić information content (AvgIpc) is 3.23. The van der Waals surface area contributed by atoms with Gasteiger partial charge in [0.2, 0.25) is 17.5 Å². The number of oxazole rings is 1. The Morgan fingerprint density at radius 1 is 1.35 bits per heavy atom. The molecule has 0 radical (unpaired) electrons. The zero-order valence-corrected chi connectivity index (χ0v) is 13.1. The molecule has 23 heavy (non-hydrogen) atoms. The van der Waals surface area contributed by atoms with E-state index in [0.29, 0.717) is 29.9 Å². The SMILES string of the molecule is CC(CNc1oc(-c2ccc(F)cc2)nc1C#N)N1CCCC1. The molecule has 0 aliphatic carbocycles. The molecule has 6 heteroatoms. The molecule has 1 aromatic heterocycles. The Kier molecular flexibility index (Phi) is 4.58. The third kappa shape index (κ3) is 3.51. The average molecular weight is 314 g/mol. The minimum Gasteiger partial charge on any atom is -0.419 e. The zero-order chi connectivity index (χ0) is 16.2. The number of hydrogen-bond donors (Lipinski definition) is 1. The number of rotatable bonds is 5. The fraction of sp³-hybridized carbons (Fsp3) is 0.412. The van der Waals surface area contributed by atoms with Crippen molar-refractivity contribution in [1.82, 2.24) is 9.88 Å². The van der Waals surface area contributed by atoms with E-state index in [1.54, 1.807) is 12.1 Å². The summed E-state index contributed by atoms with van der Waals surface area (Å²) in [7, 11) is 0. The Bertz CT molecular complexity index is 698. The quantitative estimate of drug-likeness (QED) is 0.917. The number of nitriles is 1. The molecule has 1 unspecified atom stereocenters. The van der Waals surface area contributed by atoms with Crippen molar-refractivity contribution in [3.8, 4) is 17.5 Å². The zero-order valence-electron chi connectivity index (χ0n) is 13.1. The topological polar surface area (TPSA) is 65.1 Å². The Morgan fingerprint density at radius 2 is 2.04 bits per heavy atom. The summed E-state index contributed by atoms with van der Waals surface area (Å²) in [5.74, 6) is 0.370. The van der Waals surface area contributed by atoms with Gasteiger partial charge in [0, 0.05) is 18.2 Å².